The van der Waals surface area contributed by atoms with Crippen LogP contribution in [0.2, 0.25) is 0 Å². The molecule has 6 rings (SSSR count). The van der Waals surface area contributed by atoms with Gasteiger partial charge in [-0.1, -0.05) is 18.2 Å². The SMILES string of the molecule is CN1CC[C@]23c4c5ccc(O)c4O[C@H]2[C@@H](OC2OC(C(=O)O)C(O)C(O)C2O)C=C[C@H]3C1C5. The van der Waals surface area contributed by atoms with Crippen LogP contribution >= 0.6 is 0 Å². The van der Waals surface area contributed by atoms with E-state index < -0.39 is 54.3 Å². The van der Waals surface area contributed by atoms with Crippen LogP contribution in [0.3, 0.4) is 0 Å². The van der Waals surface area contributed by atoms with Gasteiger partial charge in [-0.25, -0.2) is 4.79 Å². The maximum absolute atomic E-state index is 11.5. The number of aromatic hydroxyl groups is 1. The summed E-state index contributed by atoms with van der Waals surface area (Å²) in [5, 5.41) is 50.5. The zero-order chi connectivity index (χ0) is 23.2. The molecule has 5 aliphatic rings. The number of piperidine rings is 1. The number of carboxylic acids is 1. The lowest BCUT2D eigenvalue weighted by atomic mass is 9.53. The fraction of sp³-hybridized carbons (Fsp3) is 0.609. The van der Waals surface area contributed by atoms with Gasteiger partial charge in [-0.3, -0.25) is 0 Å². The molecule has 33 heavy (non-hydrogen) atoms. The van der Waals surface area contributed by atoms with E-state index in [1.54, 1.807) is 6.07 Å². The molecule has 1 aromatic carbocycles. The van der Waals surface area contributed by atoms with Crippen molar-refractivity contribution >= 4 is 5.97 Å². The minimum atomic E-state index is -1.79. The molecule has 3 heterocycles. The molecule has 0 amide bonds. The maximum atomic E-state index is 11.5. The van der Waals surface area contributed by atoms with Crippen molar-refractivity contribution in [1.29, 1.82) is 0 Å². The number of rotatable bonds is 3. The molecule has 1 spiro atoms. The number of ether oxygens (including phenoxy) is 3. The first-order valence-corrected chi connectivity index (χ1v) is 11.2. The van der Waals surface area contributed by atoms with Crippen molar-refractivity contribution in [3.8, 4) is 11.5 Å². The Kier molecular flexibility index (Phi) is 4.62. The second-order valence-electron chi connectivity index (χ2n) is 9.78. The zero-order valence-electron chi connectivity index (χ0n) is 17.9. The molecule has 10 nitrogen and oxygen atoms in total. The highest BCUT2D eigenvalue weighted by Gasteiger charge is 2.65. The van der Waals surface area contributed by atoms with E-state index in [9.17, 15) is 30.3 Å². The summed E-state index contributed by atoms with van der Waals surface area (Å²) in [5.74, 6) is -0.824. The second-order valence-corrected chi connectivity index (χ2v) is 9.78. The minimum Gasteiger partial charge on any atom is -0.504 e. The number of likely N-dealkylation sites (tertiary alicyclic amines) is 1. The van der Waals surface area contributed by atoms with Crippen LogP contribution in [0.1, 0.15) is 17.5 Å². The van der Waals surface area contributed by atoms with Gasteiger partial charge in [0.2, 0.25) is 0 Å². The van der Waals surface area contributed by atoms with E-state index in [2.05, 4.69) is 18.0 Å². The Labute approximate surface area is 189 Å². The van der Waals surface area contributed by atoms with Crippen molar-refractivity contribution in [3.05, 3.63) is 35.4 Å². The minimum absolute atomic E-state index is 0.0610. The smallest absolute Gasteiger partial charge is 0.335 e. The van der Waals surface area contributed by atoms with Crippen molar-refractivity contribution in [2.45, 2.75) is 67.2 Å². The molecule has 0 radical (unpaired) electrons. The lowest BCUT2D eigenvalue weighted by Crippen LogP contribution is -2.66. The molecule has 3 aliphatic heterocycles. The van der Waals surface area contributed by atoms with Gasteiger partial charge in [0.25, 0.3) is 0 Å². The Hall–Kier alpha value is -2.21. The molecule has 10 atom stereocenters. The lowest BCUT2D eigenvalue weighted by Gasteiger charge is -2.57. The first kappa shape index (κ1) is 21.3. The standard InChI is InChI=1S/C23H27NO9/c1-24-7-6-23-10-3-5-13(31-22-17(28)15(26)16(27)19(33-22)21(29)30)20(23)32-18-12(25)4-2-9(14(18)23)8-11(10)24/h2-5,10-11,13,15-17,19-20,22,25-28H,6-8H2,1H3,(H,29,30)/t10-,11?,13-,15?,16?,17?,19?,20-,22?,23-/m0/s1. The topological polar surface area (TPSA) is 149 Å². The van der Waals surface area contributed by atoms with Crippen molar-refractivity contribution in [3.63, 3.8) is 0 Å². The molecule has 2 bridgehead atoms. The van der Waals surface area contributed by atoms with Crippen molar-refractivity contribution < 1.29 is 44.5 Å². The monoisotopic (exact) mass is 461 g/mol. The van der Waals surface area contributed by atoms with Gasteiger partial charge in [0, 0.05) is 22.9 Å². The number of hydrogen-bond donors (Lipinski definition) is 5. The molecule has 2 aliphatic carbocycles. The lowest BCUT2D eigenvalue weighted by molar-refractivity contribution is -0.307. The third kappa shape index (κ3) is 2.73. The summed E-state index contributed by atoms with van der Waals surface area (Å²) in [6, 6.07) is 3.85. The van der Waals surface area contributed by atoms with Gasteiger partial charge in [0.1, 0.15) is 30.5 Å². The summed E-state index contributed by atoms with van der Waals surface area (Å²) in [6.45, 7) is 0.838. The van der Waals surface area contributed by atoms with Gasteiger partial charge < -0.3 is 44.6 Å². The fourth-order valence-corrected chi connectivity index (χ4v) is 6.66. The highest BCUT2D eigenvalue weighted by molar-refractivity contribution is 5.73. The largest absolute Gasteiger partial charge is 0.504 e. The molecule has 1 aromatic rings. The average Bonchev–Trinajstić information content (AvgIpc) is 3.14. The Balaban J connectivity index is 1.38. The summed E-state index contributed by atoms with van der Waals surface area (Å²) in [7, 11) is 2.11. The van der Waals surface area contributed by atoms with Crippen molar-refractivity contribution in [2.75, 3.05) is 13.6 Å². The van der Waals surface area contributed by atoms with Crippen LogP contribution < -0.4 is 4.74 Å². The first-order chi connectivity index (χ1) is 15.7. The Morgan fingerprint density at radius 1 is 1.18 bits per heavy atom. The van der Waals surface area contributed by atoms with Crippen LogP contribution in [0.5, 0.6) is 11.5 Å². The molecule has 2 fully saturated rings. The number of aliphatic hydroxyl groups is 3. The summed E-state index contributed by atoms with van der Waals surface area (Å²) < 4.78 is 17.7. The summed E-state index contributed by atoms with van der Waals surface area (Å²) in [5.41, 5.74) is 1.69. The van der Waals surface area contributed by atoms with Crippen LogP contribution in [0, 0.1) is 5.92 Å². The number of benzene rings is 1. The first-order valence-electron chi connectivity index (χ1n) is 11.2. The second kappa shape index (κ2) is 7.14. The molecule has 0 aromatic heterocycles. The van der Waals surface area contributed by atoms with Crippen LogP contribution in [0.25, 0.3) is 0 Å². The van der Waals surface area contributed by atoms with Crippen LogP contribution in [-0.2, 0) is 26.1 Å². The Morgan fingerprint density at radius 3 is 2.73 bits per heavy atom. The number of aliphatic hydroxyl groups excluding tert-OH is 3. The van der Waals surface area contributed by atoms with Gasteiger partial charge >= 0.3 is 5.97 Å². The van der Waals surface area contributed by atoms with E-state index in [0.717, 1.165) is 30.5 Å². The van der Waals surface area contributed by atoms with Gasteiger partial charge in [-0.15, -0.1) is 0 Å². The van der Waals surface area contributed by atoms with E-state index >= 15 is 0 Å². The fourth-order valence-electron chi connectivity index (χ4n) is 6.66. The molecule has 10 heteroatoms. The third-order valence-electron chi connectivity index (χ3n) is 8.23. The summed E-state index contributed by atoms with van der Waals surface area (Å²) in [4.78, 5) is 13.8. The number of phenolic OH excluding ortho intramolecular Hbond substituents is 1. The van der Waals surface area contributed by atoms with Gasteiger partial charge in [-0.05, 0) is 38.1 Å². The molecule has 5 N–H and O–H groups in total. The van der Waals surface area contributed by atoms with E-state index in [4.69, 9.17) is 14.2 Å². The average molecular weight is 461 g/mol. The van der Waals surface area contributed by atoms with Crippen molar-refractivity contribution in [1.82, 2.24) is 4.90 Å². The molecular weight excluding hydrogens is 434 g/mol. The van der Waals surface area contributed by atoms with Crippen LogP contribution in [0.15, 0.2) is 24.3 Å². The van der Waals surface area contributed by atoms with Gasteiger partial charge in [-0.2, -0.15) is 0 Å². The predicted molar refractivity (Wildman–Crippen MR) is 111 cm³/mol. The maximum Gasteiger partial charge on any atom is 0.335 e. The van der Waals surface area contributed by atoms with E-state index in [1.807, 2.05) is 12.1 Å². The van der Waals surface area contributed by atoms with Gasteiger partial charge in [0.05, 0.1) is 0 Å². The number of nitrogens with zero attached hydrogens (tertiary/aromatic N) is 1. The number of carboxylic acid groups (broad SMARTS) is 1. The highest BCUT2D eigenvalue weighted by atomic mass is 16.7. The van der Waals surface area contributed by atoms with Crippen LogP contribution in [0.4, 0.5) is 0 Å². The van der Waals surface area contributed by atoms with Gasteiger partial charge in [0.15, 0.2) is 23.9 Å². The summed E-state index contributed by atoms with van der Waals surface area (Å²) >= 11 is 0. The summed E-state index contributed by atoms with van der Waals surface area (Å²) in [6.07, 6.45) is -4.16. The highest BCUT2D eigenvalue weighted by Crippen LogP contribution is 2.62. The molecule has 178 valence electrons. The normalized spacial score (nSPS) is 45.4. The van der Waals surface area contributed by atoms with E-state index in [-0.39, 0.29) is 17.7 Å². The molecule has 6 unspecified atom stereocenters. The van der Waals surface area contributed by atoms with Crippen molar-refractivity contribution in [2.24, 2.45) is 5.92 Å². The molecule has 0 saturated carbocycles. The van der Waals surface area contributed by atoms with E-state index in [0.29, 0.717) is 5.75 Å². The molecular formula is C23H27NO9. The predicted octanol–water partition coefficient (Wildman–Crippen LogP) is -0.885. The number of likely N-dealkylation sites (N-methyl/N-ethyl adjacent to an activating group) is 1. The zero-order valence-corrected chi connectivity index (χ0v) is 17.9. The number of phenols is 1. The number of aliphatic carboxylic acids is 1. The quantitative estimate of drug-likeness (QED) is 0.359. The number of carbonyl (C=O) groups is 1. The van der Waals surface area contributed by atoms with E-state index in [1.165, 1.54) is 0 Å². The third-order valence-corrected chi connectivity index (χ3v) is 8.23. The Morgan fingerprint density at radius 2 is 1.97 bits per heavy atom. The van der Waals surface area contributed by atoms with Crippen LogP contribution in [-0.4, -0.2) is 98.9 Å². The number of hydrogen-bond acceptors (Lipinski definition) is 9. The Bertz CT molecular complexity index is 1030. The molecule has 2 saturated heterocycles.